The minimum absolute atomic E-state index is 0.357. The lowest BCUT2D eigenvalue weighted by Gasteiger charge is -2.23. The molecule has 0 radical (unpaired) electrons. The average molecular weight is 203 g/mol. The quantitative estimate of drug-likeness (QED) is 0.646. The summed E-state index contributed by atoms with van der Waals surface area (Å²) < 4.78 is 5.15. The first kappa shape index (κ1) is 13.9. The number of likely N-dealkylation sites (N-methyl/N-ethyl adjacent to an activating group) is 1. The van der Waals surface area contributed by atoms with Crippen molar-refractivity contribution in [3.8, 4) is 0 Å². The topological polar surface area (TPSA) is 32.7 Å². The lowest BCUT2D eigenvalue weighted by Crippen LogP contribution is -2.34. The first-order valence-corrected chi connectivity index (χ1v) is 5.54. The average Bonchev–Trinajstić information content (AvgIpc) is 2.14. The van der Waals surface area contributed by atoms with E-state index in [1.165, 1.54) is 6.42 Å². The van der Waals surface area contributed by atoms with Crippen LogP contribution < -0.4 is 0 Å². The molecule has 14 heavy (non-hydrogen) atoms. The highest BCUT2D eigenvalue weighted by molar-refractivity contribution is 4.63. The van der Waals surface area contributed by atoms with Crippen molar-refractivity contribution in [2.75, 3.05) is 33.4 Å². The van der Waals surface area contributed by atoms with Crippen molar-refractivity contribution < 1.29 is 9.84 Å². The molecule has 0 aromatic heterocycles. The van der Waals surface area contributed by atoms with Gasteiger partial charge in [0.2, 0.25) is 0 Å². The molecule has 0 spiro atoms. The van der Waals surface area contributed by atoms with Crippen LogP contribution in [0.15, 0.2) is 0 Å². The van der Waals surface area contributed by atoms with Crippen molar-refractivity contribution in [1.82, 2.24) is 4.90 Å². The predicted molar refractivity (Wildman–Crippen MR) is 59.5 cm³/mol. The van der Waals surface area contributed by atoms with E-state index in [9.17, 15) is 5.11 Å². The van der Waals surface area contributed by atoms with Crippen molar-refractivity contribution in [3.63, 3.8) is 0 Å². The normalized spacial score (nSPS) is 15.9. The molecular weight excluding hydrogens is 178 g/mol. The minimum atomic E-state index is -0.357. The molecule has 0 aliphatic rings. The third-order valence-electron chi connectivity index (χ3n) is 2.36. The van der Waals surface area contributed by atoms with Gasteiger partial charge in [-0.2, -0.15) is 0 Å². The van der Waals surface area contributed by atoms with E-state index < -0.39 is 0 Å². The Bertz CT molecular complexity index is 130. The Morgan fingerprint density at radius 3 is 2.43 bits per heavy atom. The van der Waals surface area contributed by atoms with E-state index in [2.05, 4.69) is 18.7 Å². The zero-order chi connectivity index (χ0) is 11.0. The summed E-state index contributed by atoms with van der Waals surface area (Å²) in [5, 5.41) is 9.57. The molecule has 0 saturated heterocycles. The molecule has 86 valence electrons. The monoisotopic (exact) mass is 203 g/mol. The van der Waals surface area contributed by atoms with Gasteiger partial charge in [0, 0.05) is 19.7 Å². The van der Waals surface area contributed by atoms with Crippen LogP contribution in [0.5, 0.6) is 0 Å². The van der Waals surface area contributed by atoms with Crippen LogP contribution in [0, 0.1) is 5.92 Å². The molecule has 2 unspecified atom stereocenters. The second kappa shape index (κ2) is 8.21. The highest BCUT2D eigenvalue weighted by Crippen LogP contribution is 2.03. The van der Waals surface area contributed by atoms with Crippen molar-refractivity contribution >= 4 is 0 Å². The van der Waals surface area contributed by atoms with Gasteiger partial charge in [0.15, 0.2) is 0 Å². The maximum Gasteiger partial charge on any atom is 0.0900 e. The molecule has 0 saturated carbocycles. The molecule has 0 aliphatic carbocycles. The number of nitrogens with zero attached hydrogens (tertiary/aromatic N) is 1. The van der Waals surface area contributed by atoms with Crippen LogP contribution in [-0.4, -0.2) is 49.5 Å². The minimum Gasteiger partial charge on any atom is -0.389 e. The van der Waals surface area contributed by atoms with Crippen LogP contribution in [0.2, 0.25) is 0 Å². The summed E-state index contributed by atoms with van der Waals surface area (Å²) in [6.45, 7) is 9.22. The third-order valence-corrected chi connectivity index (χ3v) is 2.36. The highest BCUT2D eigenvalue weighted by Gasteiger charge is 2.10. The maximum atomic E-state index is 9.57. The summed E-state index contributed by atoms with van der Waals surface area (Å²) in [5.41, 5.74) is 0. The Hall–Kier alpha value is -0.120. The van der Waals surface area contributed by atoms with Gasteiger partial charge in [-0.1, -0.05) is 20.3 Å². The van der Waals surface area contributed by atoms with Gasteiger partial charge in [0.25, 0.3) is 0 Å². The molecule has 0 fully saturated rings. The first-order valence-electron chi connectivity index (χ1n) is 5.54. The van der Waals surface area contributed by atoms with Gasteiger partial charge in [0.1, 0.15) is 0 Å². The fourth-order valence-electron chi connectivity index (χ4n) is 1.40. The van der Waals surface area contributed by atoms with Crippen molar-refractivity contribution in [2.45, 2.75) is 33.3 Å². The second-order valence-corrected chi connectivity index (χ2v) is 4.05. The number of hydrogen-bond acceptors (Lipinski definition) is 3. The summed E-state index contributed by atoms with van der Waals surface area (Å²) in [7, 11) is 2.04. The smallest absolute Gasteiger partial charge is 0.0900 e. The molecule has 0 aliphatic heterocycles. The van der Waals surface area contributed by atoms with E-state index in [1.807, 2.05) is 14.0 Å². The maximum absolute atomic E-state index is 9.57. The second-order valence-electron chi connectivity index (χ2n) is 4.05. The van der Waals surface area contributed by atoms with E-state index in [0.717, 1.165) is 6.54 Å². The summed E-state index contributed by atoms with van der Waals surface area (Å²) in [6, 6.07) is 0. The fourth-order valence-corrected chi connectivity index (χ4v) is 1.40. The predicted octanol–water partition coefficient (Wildman–Crippen LogP) is 1.36. The molecule has 2 atom stereocenters. The standard InChI is InChI=1S/C11H25NO2/c1-5-10(3)7-12(4)8-11(13)9-14-6-2/h10-11,13H,5-9H2,1-4H3. The summed E-state index contributed by atoms with van der Waals surface area (Å²) in [4.78, 5) is 2.16. The Morgan fingerprint density at radius 2 is 1.93 bits per heavy atom. The van der Waals surface area contributed by atoms with Gasteiger partial charge in [-0.25, -0.2) is 0 Å². The largest absolute Gasteiger partial charge is 0.389 e. The van der Waals surface area contributed by atoms with E-state index in [0.29, 0.717) is 25.7 Å². The molecule has 3 nitrogen and oxygen atoms in total. The van der Waals surface area contributed by atoms with Crippen LogP contribution in [-0.2, 0) is 4.74 Å². The molecule has 0 amide bonds. The van der Waals surface area contributed by atoms with Gasteiger partial charge in [-0.3, -0.25) is 0 Å². The Balaban J connectivity index is 3.54. The molecule has 0 heterocycles. The summed E-state index contributed by atoms with van der Waals surface area (Å²) in [6.07, 6.45) is 0.829. The number of hydrogen-bond donors (Lipinski definition) is 1. The zero-order valence-corrected chi connectivity index (χ0v) is 9.99. The Morgan fingerprint density at radius 1 is 1.29 bits per heavy atom. The van der Waals surface area contributed by atoms with Crippen LogP contribution in [0.1, 0.15) is 27.2 Å². The first-order chi connectivity index (χ1) is 6.60. The summed E-state index contributed by atoms with van der Waals surface area (Å²) in [5.74, 6) is 0.694. The van der Waals surface area contributed by atoms with Crippen LogP contribution in [0.3, 0.4) is 0 Å². The number of aliphatic hydroxyl groups excluding tert-OH is 1. The number of aliphatic hydroxyl groups is 1. The number of rotatable bonds is 8. The van der Waals surface area contributed by atoms with Gasteiger partial charge in [-0.15, -0.1) is 0 Å². The molecule has 0 aromatic carbocycles. The van der Waals surface area contributed by atoms with Gasteiger partial charge in [-0.05, 0) is 19.9 Å². The van der Waals surface area contributed by atoms with E-state index in [-0.39, 0.29) is 6.10 Å². The van der Waals surface area contributed by atoms with Crippen LogP contribution >= 0.6 is 0 Å². The molecule has 0 aromatic rings. The molecule has 3 heteroatoms. The lowest BCUT2D eigenvalue weighted by atomic mass is 10.1. The van der Waals surface area contributed by atoms with Gasteiger partial charge in [0.05, 0.1) is 12.7 Å². The third kappa shape index (κ3) is 7.30. The molecule has 0 rings (SSSR count). The van der Waals surface area contributed by atoms with Crippen molar-refractivity contribution in [3.05, 3.63) is 0 Å². The Kier molecular flexibility index (Phi) is 8.14. The van der Waals surface area contributed by atoms with Crippen LogP contribution in [0.25, 0.3) is 0 Å². The van der Waals surface area contributed by atoms with Crippen molar-refractivity contribution in [2.24, 2.45) is 5.92 Å². The summed E-state index contributed by atoms with van der Waals surface area (Å²) >= 11 is 0. The van der Waals surface area contributed by atoms with Crippen LogP contribution in [0.4, 0.5) is 0 Å². The molecule has 0 bridgehead atoms. The van der Waals surface area contributed by atoms with Crippen molar-refractivity contribution in [1.29, 1.82) is 0 Å². The Labute approximate surface area is 88.1 Å². The van der Waals surface area contributed by atoms with E-state index in [1.54, 1.807) is 0 Å². The fraction of sp³-hybridized carbons (Fsp3) is 1.00. The lowest BCUT2D eigenvalue weighted by molar-refractivity contribution is 0.0236. The van der Waals surface area contributed by atoms with E-state index in [4.69, 9.17) is 4.74 Å². The molecular formula is C11H25NO2. The van der Waals surface area contributed by atoms with E-state index >= 15 is 0 Å². The zero-order valence-electron chi connectivity index (χ0n) is 9.99. The number of ether oxygens (including phenoxy) is 1. The highest BCUT2D eigenvalue weighted by atomic mass is 16.5. The molecule has 1 N–H and O–H groups in total. The SMILES string of the molecule is CCOCC(O)CN(C)CC(C)CC. The van der Waals surface area contributed by atoms with Gasteiger partial charge >= 0.3 is 0 Å². The van der Waals surface area contributed by atoms with Gasteiger partial charge < -0.3 is 14.7 Å².